The number of primary amides is 1. The van der Waals surface area contributed by atoms with Crippen molar-refractivity contribution in [2.45, 2.75) is 6.42 Å². The molecule has 1 fully saturated rings. The van der Waals surface area contributed by atoms with Crippen LogP contribution in [-0.4, -0.2) is 54.3 Å². The van der Waals surface area contributed by atoms with Crippen LogP contribution in [0.5, 0.6) is 0 Å². The molecule has 5 nitrogen and oxygen atoms in total. The Balaban J connectivity index is 1.86. The molecule has 1 aromatic rings. The van der Waals surface area contributed by atoms with Crippen LogP contribution in [0.1, 0.15) is 5.56 Å². The fourth-order valence-corrected chi connectivity index (χ4v) is 2.72. The molecule has 0 unspecified atom stereocenters. The van der Waals surface area contributed by atoms with Gasteiger partial charge in [0.25, 0.3) is 0 Å². The lowest BCUT2D eigenvalue weighted by Gasteiger charge is -2.34. The van der Waals surface area contributed by atoms with E-state index in [1.54, 1.807) is 0 Å². The van der Waals surface area contributed by atoms with Gasteiger partial charge in [-0.3, -0.25) is 14.5 Å². The van der Waals surface area contributed by atoms with Gasteiger partial charge < -0.3 is 10.6 Å². The summed E-state index contributed by atoms with van der Waals surface area (Å²) >= 11 is 3.46. The van der Waals surface area contributed by atoms with E-state index >= 15 is 0 Å². The second kappa shape index (κ2) is 6.85. The third kappa shape index (κ3) is 4.05. The quantitative estimate of drug-likeness (QED) is 0.874. The number of amides is 2. The first kappa shape index (κ1) is 15.0. The monoisotopic (exact) mass is 339 g/mol. The third-order valence-corrected chi connectivity index (χ3v) is 4.18. The van der Waals surface area contributed by atoms with Crippen LogP contribution in [0.4, 0.5) is 0 Å². The molecule has 0 atom stereocenters. The van der Waals surface area contributed by atoms with Gasteiger partial charge in [0, 0.05) is 30.7 Å². The number of piperazine rings is 1. The number of carbonyl (C=O) groups is 2. The standard InChI is InChI=1S/C14H18BrN3O2/c15-12-4-2-1-3-11(12)9-14(20)18-7-5-17(6-8-18)10-13(16)19/h1-4H,5-10H2,(H2,16,19). The second-order valence-electron chi connectivity index (χ2n) is 4.89. The third-order valence-electron chi connectivity index (χ3n) is 3.40. The van der Waals surface area contributed by atoms with E-state index in [0.29, 0.717) is 32.6 Å². The van der Waals surface area contributed by atoms with Crippen LogP contribution in [-0.2, 0) is 16.0 Å². The van der Waals surface area contributed by atoms with Crippen molar-refractivity contribution < 1.29 is 9.59 Å². The maximum atomic E-state index is 12.2. The van der Waals surface area contributed by atoms with Crippen molar-refractivity contribution >= 4 is 27.7 Å². The van der Waals surface area contributed by atoms with Crippen LogP contribution in [0.2, 0.25) is 0 Å². The molecule has 0 aliphatic carbocycles. The van der Waals surface area contributed by atoms with E-state index in [0.717, 1.165) is 10.0 Å². The Kier molecular flexibility index (Phi) is 5.14. The zero-order chi connectivity index (χ0) is 14.5. The molecular weight excluding hydrogens is 322 g/mol. The lowest BCUT2D eigenvalue weighted by Crippen LogP contribution is -2.51. The maximum Gasteiger partial charge on any atom is 0.231 e. The number of hydrogen-bond donors (Lipinski definition) is 1. The largest absolute Gasteiger partial charge is 0.369 e. The summed E-state index contributed by atoms with van der Waals surface area (Å²) in [5, 5.41) is 0. The summed E-state index contributed by atoms with van der Waals surface area (Å²) in [5.41, 5.74) is 6.17. The van der Waals surface area contributed by atoms with E-state index < -0.39 is 0 Å². The molecule has 1 saturated heterocycles. The Morgan fingerprint density at radius 3 is 2.40 bits per heavy atom. The number of halogens is 1. The lowest BCUT2D eigenvalue weighted by atomic mass is 10.1. The average Bonchev–Trinajstić information content (AvgIpc) is 2.41. The zero-order valence-corrected chi connectivity index (χ0v) is 12.8. The molecule has 2 amide bonds. The van der Waals surface area contributed by atoms with Gasteiger partial charge in [-0.2, -0.15) is 0 Å². The van der Waals surface area contributed by atoms with Crippen molar-refractivity contribution in [3.63, 3.8) is 0 Å². The number of carbonyl (C=O) groups excluding carboxylic acids is 2. The molecule has 1 aromatic carbocycles. The number of benzene rings is 1. The molecule has 0 radical (unpaired) electrons. The summed E-state index contributed by atoms with van der Waals surface area (Å²) in [5.74, 6) is -0.200. The first-order chi connectivity index (χ1) is 9.56. The summed E-state index contributed by atoms with van der Waals surface area (Å²) < 4.78 is 0.959. The van der Waals surface area contributed by atoms with Gasteiger partial charge in [-0.15, -0.1) is 0 Å². The Morgan fingerprint density at radius 1 is 1.15 bits per heavy atom. The molecule has 0 bridgehead atoms. The SMILES string of the molecule is NC(=O)CN1CCN(C(=O)Cc2ccccc2Br)CC1. The van der Waals surface area contributed by atoms with Crippen molar-refractivity contribution in [3.8, 4) is 0 Å². The van der Waals surface area contributed by atoms with Crippen molar-refractivity contribution in [2.24, 2.45) is 5.73 Å². The minimum absolute atomic E-state index is 0.121. The highest BCUT2D eigenvalue weighted by molar-refractivity contribution is 9.10. The Bertz CT molecular complexity index is 499. The molecule has 0 spiro atoms. The van der Waals surface area contributed by atoms with E-state index in [1.165, 1.54) is 0 Å². The zero-order valence-electron chi connectivity index (χ0n) is 11.2. The summed E-state index contributed by atoms with van der Waals surface area (Å²) in [4.78, 5) is 26.9. The second-order valence-corrected chi connectivity index (χ2v) is 5.75. The molecule has 2 N–H and O–H groups in total. The molecule has 1 heterocycles. The molecule has 0 aromatic heterocycles. The van der Waals surface area contributed by atoms with Gasteiger partial charge in [0.2, 0.25) is 11.8 Å². The number of nitrogens with zero attached hydrogens (tertiary/aromatic N) is 2. The lowest BCUT2D eigenvalue weighted by molar-refractivity contribution is -0.132. The predicted octanol–water partition coefficient (Wildman–Crippen LogP) is 0.621. The maximum absolute atomic E-state index is 12.2. The van der Waals surface area contributed by atoms with E-state index in [9.17, 15) is 9.59 Å². The Morgan fingerprint density at radius 2 is 1.80 bits per heavy atom. The predicted molar refractivity (Wildman–Crippen MR) is 80.1 cm³/mol. The summed E-state index contributed by atoms with van der Waals surface area (Å²) in [6.07, 6.45) is 0.400. The molecule has 6 heteroatoms. The molecular formula is C14H18BrN3O2. The normalized spacial score (nSPS) is 16.1. The fraction of sp³-hybridized carbons (Fsp3) is 0.429. The van der Waals surface area contributed by atoms with Crippen molar-refractivity contribution in [3.05, 3.63) is 34.3 Å². The topological polar surface area (TPSA) is 66.6 Å². The molecule has 2 rings (SSSR count). The van der Waals surface area contributed by atoms with Crippen LogP contribution in [0.3, 0.4) is 0 Å². The van der Waals surface area contributed by atoms with Crippen LogP contribution in [0.15, 0.2) is 28.7 Å². The Hall–Kier alpha value is -1.40. The van der Waals surface area contributed by atoms with Gasteiger partial charge in [0.1, 0.15) is 0 Å². The number of rotatable bonds is 4. The van der Waals surface area contributed by atoms with E-state index in [2.05, 4.69) is 15.9 Å². The molecule has 108 valence electrons. The van der Waals surface area contributed by atoms with Crippen LogP contribution in [0.25, 0.3) is 0 Å². The van der Waals surface area contributed by atoms with Crippen LogP contribution >= 0.6 is 15.9 Å². The molecule has 0 saturated carbocycles. The van der Waals surface area contributed by atoms with Gasteiger partial charge in [-0.05, 0) is 11.6 Å². The molecule has 1 aliphatic rings. The van der Waals surface area contributed by atoms with Crippen LogP contribution in [0, 0.1) is 0 Å². The Labute approximate surface area is 126 Å². The highest BCUT2D eigenvalue weighted by Crippen LogP contribution is 2.17. The minimum atomic E-state index is -0.321. The van der Waals surface area contributed by atoms with Crippen molar-refractivity contribution in [1.29, 1.82) is 0 Å². The first-order valence-corrected chi connectivity index (χ1v) is 7.37. The smallest absolute Gasteiger partial charge is 0.231 e. The fourth-order valence-electron chi connectivity index (χ4n) is 2.29. The number of nitrogens with two attached hydrogens (primary N) is 1. The van der Waals surface area contributed by atoms with Gasteiger partial charge in [-0.1, -0.05) is 34.1 Å². The molecule has 1 aliphatic heterocycles. The first-order valence-electron chi connectivity index (χ1n) is 6.58. The average molecular weight is 340 g/mol. The minimum Gasteiger partial charge on any atom is -0.369 e. The van der Waals surface area contributed by atoms with Crippen molar-refractivity contribution in [2.75, 3.05) is 32.7 Å². The van der Waals surface area contributed by atoms with E-state index in [-0.39, 0.29) is 18.4 Å². The van der Waals surface area contributed by atoms with Gasteiger partial charge in [0.15, 0.2) is 0 Å². The number of hydrogen-bond acceptors (Lipinski definition) is 3. The van der Waals surface area contributed by atoms with Gasteiger partial charge in [0.05, 0.1) is 13.0 Å². The summed E-state index contributed by atoms with van der Waals surface area (Å²) in [6, 6.07) is 7.75. The van der Waals surface area contributed by atoms with Gasteiger partial charge >= 0.3 is 0 Å². The van der Waals surface area contributed by atoms with Gasteiger partial charge in [-0.25, -0.2) is 0 Å². The summed E-state index contributed by atoms with van der Waals surface area (Å²) in [7, 11) is 0. The molecule has 20 heavy (non-hydrogen) atoms. The van der Waals surface area contributed by atoms with E-state index in [4.69, 9.17) is 5.73 Å². The highest BCUT2D eigenvalue weighted by Gasteiger charge is 2.22. The highest BCUT2D eigenvalue weighted by atomic mass is 79.9. The van der Waals surface area contributed by atoms with E-state index in [1.807, 2.05) is 34.1 Å². The summed E-state index contributed by atoms with van der Waals surface area (Å²) in [6.45, 7) is 2.97. The van der Waals surface area contributed by atoms with Crippen LogP contribution < -0.4 is 5.73 Å². The van der Waals surface area contributed by atoms with Crippen molar-refractivity contribution in [1.82, 2.24) is 9.80 Å².